The molecular weight excluding hydrogens is 326 g/mol. The summed E-state index contributed by atoms with van der Waals surface area (Å²) in [5.41, 5.74) is 1.38. The van der Waals surface area contributed by atoms with Crippen LogP contribution in [0.1, 0.15) is 29.8 Å². The van der Waals surface area contributed by atoms with E-state index in [2.05, 4.69) is 20.2 Å². The van der Waals surface area contributed by atoms with Crippen LogP contribution in [-0.4, -0.2) is 65.9 Å². The number of rotatable bonds is 6. The second-order valence-electron chi connectivity index (χ2n) is 6.91. The van der Waals surface area contributed by atoms with Gasteiger partial charge in [-0.25, -0.2) is 9.97 Å². The molecule has 0 aliphatic carbocycles. The number of piperidine rings is 1. The molecule has 0 atom stereocenters. The first-order valence-electron chi connectivity index (χ1n) is 9.26. The van der Waals surface area contributed by atoms with Crippen molar-refractivity contribution >= 4 is 11.7 Å². The summed E-state index contributed by atoms with van der Waals surface area (Å²) in [7, 11) is 4.06. The van der Waals surface area contributed by atoms with Gasteiger partial charge in [0.25, 0.3) is 5.91 Å². The number of benzene rings is 1. The van der Waals surface area contributed by atoms with Crippen molar-refractivity contribution in [2.24, 2.45) is 0 Å². The summed E-state index contributed by atoms with van der Waals surface area (Å²) in [6.45, 7) is 3.27. The number of carbonyl (C=O) groups is 1. The fourth-order valence-electron chi connectivity index (χ4n) is 3.03. The molecule has 138 valence electrons. The Balaban J connectivity index is 1.87. The number of anilines is 1. The highest BCUT2D eigenvalue weighted by atomic mass is 16.2. The maximum Gasteiger partial charge on any atom is 0.272 e. The fourth-order valence-corrected chi connectivity index (χ4v) is 3.03. The molecule has 1 amide bonds. The molecule has 6 heteroatoms. The van der Waals surface area contributed by atoms with Crippen molar-refractivity contribution in [2.75, 3.05) is 45.6 Å². The monoisotopic (exact) mass is 353 g/mol. The Morgan fingerprint density at radius 2 is 1.85 bits per heavy atom. The molecule has 2 heterocycles. The first-order chi connectivity index (χ1) is 12.6. The molecule has 1 fully saturated rings. The van der Waals surface area contributed by atoms with Crippen LogP contribution in [0.25, 0.3) is 11.4 Å². The largest absolute Gasteiger partial charge is 0.369 e. The van der Waals surface area contributed by atoms with Gasteiger partial charge in [-0.15, -0.1) is 0 Å². The van der Waals surface area contributed by atoms with E-state index in [0.717, 1.165) is 44.6 Å². The molecule has 1 saturated heterocycles. The van der Waals surface area contributed by atoms with Crippen LogP contribution in [0.5, 0.6) is 0 Å². The Morgan fingerprint density at radius 1 is 1.12 bits per heavy atom. The molecule has 0 bridgehead atoms. The highest BCUT2D eigenvalue weighted by Crippen LogP contribution is 2.20. The van der Waals surface area contributed by atoms with Gasteiger partial charge in [0.2, 0.25) is 0 Å². The van der Waals surface area contributed by atoms with Crippen molar-refractivity contribution in [2.45, 2.75) is 19.3 Å². The maximum atomic E-state index is 12.9. The van der Waals surface area contributed by atoms with Crippen LogP contribution in [0.4, 0.5) is 5.82 Å². The molecule has 26 heavy (non-hydrogen) atoms. The number of aromatic nitrogens is 2. The Labute approximate surface area is 155 Å². The third-order valence-electron chi connectivity index (χ3n) is 4.49. The summed E-state index contributed by atoms with van der Waals surface area (Å²) in [5, 5.41) is 3.32. The van der Waals surface area contributed by atoms with Crippen LogP contribution in [0.15, 0.2) is 36.4 Å². The summed E-state index contributed by atoms with van der Waals surface area (Å²) in [6.07, 6.45) is 3.33. The topological polar surface area (TPSA) is 61.4 Å². The number of hydrogen-bond donors (Lipinski definition) is 1. The van der Waals surface area contributed by atoms with E-state index in [4.69, 9.17) is 0 Å². The average molecular weight is 353 g/mol. The molecule has 1 aliphatic heterocycles. The Kier molecular flexibility index (Phi) is 6.17. The van der Waals surface area contributed by atoms with Crippen LogP contribution in [-0.2, 0) is 0 Å². The number of nitrogens with one attached hydrogen (secondary N) is 1. The molecule has 1 aromatic heterocycles. The predicted octanol–water partition coefficient (Wildman–Crippen LogP) is 2.74. The summed E-state index contributed by atoms with van der Waals surface area (Å²) >= 11 is 0. The van der Waals surface area contributed by atoms with Crippen molar-refractivity contribution < 1.29 is 4.79 Å². The van der Waals surface area contributed by atoms with E-state index in [1.165, 1.54) is 6.42 Å². The van der Waals surface area contributed by atoms with Gasteiger partial charge < -0.3 is 15.1 Å². The minimum Gasteiger partial charge on any atom is -0.369 e. The minimum absolute atomic E-state index is 0.0000549. The van der Waals surface area contributed by atoms with Gasteiger partial charge in [-0.3, -0.25) is 4.79 Å². The average Bonchev–Trinajstić information content (AvgIpc) is 2.68. The van der Waals surface area contributed by atoms with Crippen LogP contribution in [0.3, 0.4) is 0 Å². The van der Waals surface area contributed by atoms with Gasteiger partial charge in [0, 0.05) is 37.8 Å². The number of likely N-dealkylation sites (tertiary alicyclic amines) is 1. The van der Waals surface area contributed by atoms with E-state index in [0.29, 0.717) is 17.3 Å². The summed E-state index contributed by atoms with van der Waals surface area (Å²) < 4.78 is 0. The van der Waals surface area contributed by atoms with Gasteiger partial charge in [-0.2, -0.15) is 0 Å². The van der Waals surface area contributed by atoms with E-state index in [9.17, 15) is 4.79 Å². The molecular formula is C20H27N5O. The van der Waals surface area contributed by atoms with E-state index < -0.39 is 0 Å². The Hall–Kier alpha value is -2.47. The number of carbonyl (C=O) groups excluding carboxylic acids is 1. The predicted molar refractivity (Wildman–Crippen MR) is 104 cm³/mol. The lowest BCUT2D eigenvalue weighted by molar-refractivity contribution is 0.0718. The van der Waals surface area contributed by atoms with Crippen molar-refractivity contribution in [1.82, 2.24) is 19.8 Å². The van der Waals surface area contributed by atoms with Gasteiger partial charge in [-0.05, 0) is 33.4 Å². The van der Waals surface area contributed by atoms with E-state index >= 15 is 0 Å². The smallest absolute Gasteiger partial charge is 0.272 e. The van der Waals surface area contributed by atoms with Gasteiger partial charge in [0.05, 0.1) is 0 Å². The quantitative estimate of drug-likeness (QED) is 0.865. The number of amides is 1. The molecule has 0 spiro atoms. The molecule has 1 aliphatic rings. The molecule has 1 N–H and O–H groups in total. The molecule has 2 aromatic rings. The lowest BCUT2D eigenvalue weighted by Gasteiger charge is -2.26. The summed E-state index contributed by atoms with van der Waals surface area (Å²) in [6, 6.07) is 11.6. The van der Waals surface area contributed by atoms with Crippen LogP contribution >= 0.6 is 0 Å². The molecule has 0 saturated carbocycles. The van der Waals surface area contributed by atoms with E-state index in [-0.39, 0.29) is 5.91 Å². The molecule has 0 radical (unpaired) electrons. The molecule has 0 unspecified atom stereocenters. The molecule has 1 aromatic carbocycles. The number of likely N-dealkylation sites (N-methyl/N-ethyl adjacent to an activating group) is 1. The highest BCUT2D eigenvalue weighted by Gasteiger charge is 2.21. The fraction of sp³-hybridized carbons (Fsp3) is 0.450. The van der Waals surface area contributed by atoms with Crippen molar-refractivity contribution in [3.05, 3.63) is 42.1 Å². The van der Waals surface area contributed by atoms with Crippen LogP contribution < -0.4 is 5.32 Å². The van der Waals surface area contributed by atoms with E-state index in [1.807, 2.05) is 49.3 Å². The first kappa shape index (κ1) is 18.3. The Morgan fingerprint density at radius 3 is 2.54 bits per heavy atom. The van der Waals surface area contributed by atoms with Gasteiger partial charge in [-0.1, -0.05) is 30.3 Å². The minimum atomic E-state index is -0.0000549. The summed E-state index contributed by atoms with van der Waals surface area (Å²) in [5.74, 6) is 1.28. The lowest BCUT2D eigenvalue weighted by atomic mass is 10.1. The molecule has 6 nitrogen and oxygen atoms in total. The van der Waals surface area contributed by atoms with E-state index in [1.54, 1.807) is 6.07 Å². The first-order valence-corrected chi connectivity index (χ1v) is 9.26. The zero-order valence-electron chi connectivity index (χ0n) is 15.6. The highest BCUT2D eigenvalue weighted by molar-refractivity contribution is 5.93. The number of hydrogen-bond acceptors (Lipinski definition) is 5. The van der Waals surface area contributed by atoms with Crippen LogP contribution in [0, 0.1) is 0 Å². The SMILES string of the molecule is CN(C)CCNc1cc(C(=O)N2CCCCC2)nc(-c2ccccc2)n1. The second-order valence-corrected chi connectivity index (χ2v) is 6.91. The third kappa shape index (κ3) is 4.79. The number of nitrogens with zero attached hydrogens (tertiary/aromatic N) is 4. The van der Waals surface area contributed by atoms with Crippen LogP contribution in [0.2, 0.25) is 0 Å². The van der Waals surface area contributed by atoms with Crippen molar-refractivity contribution in [3.63, 3.8) is 0 Å². The van der Waals surface area contributed by atoms with Crippen molar-refractivity contribution in [1.29, 1.82) is 0 Å². The lowest BCUT2D eigenvalue weighted by Crippen LogP contribution is -2.36. The zero-order valence-corrected chi connectivity index (χ0v) is 15.6. The standard InChI is InChI=1S/C20H27N5O/c1-24(2)14-11-21-18-15-17(20(26)25-12-7-4-8-13-25)22-19(23-18)16-9-5-3-6-10-16/h3,5-6,9-10,15H,4,7-8,11-14H2,1-2H3,(H,21,22,23). The second kappa shape index (κ2) is 8.76. The normalized spacial score (nSPS) is 14.5. The van der Waals surface area contributed by atoms with Gasteiger partial charge in [0.15, 0.2) is 5.82 Å². The Bertz CT molecular complexity index is 726. The van der Waals surface area contributed by atoms with Gasteiger partial charge in [0.1, 0.15) is 11.5 Å². The third-order valence-corrected chi connectivity index (χ3v) is 4.49. The zero-order chi connectivity index (χ0) is 18.4. The summed E-state index contributed by atoms with van der Waals surface area (Å²) in [4.78, 5) is 26.1. The van der Waals surface area contributed by atoms with Gasteiger partial charge >= 0.3 is 0 Å². The van der Waals surface area contributed by atoms with Crippen molar-refractivity contribution in [3.8, 4) is 11.4 Å². The maximum absolute atomic E-state index is 12.9. The molecule has 3 rings (SSSR count).